The highest BCUT2D eigenvalue weighted by atomic mass is 19.4. The first kappa shape index (κ1) is 16.1. The van der Waals surface area contributed by atoms with Crippen LogP contribution in [0.25, 0.3) is 11.1 Å². The molecule has 0 aliphatic heterocycles. The Bertz CT molecular complexity index is 690. The summed E-state index contributed by atoms with van der Waals surface area (Å²) in [5.74, 6) is -0.533. The molecular weight excluding hydrogens is 295 g/mol. The molecule has 0 atom stereocenters. The molecule has 4 nitrogen and oxygen atoms in total. The first-order valence-electron chi connectivity index (χ1n) is 6.69. The minimum Gasteiger partial charge on any atom is -0.325 e. The van der Waals surface area contributed by atoms with E-state index in [0.29, 0.717) is 11.3 Å². The Hall–Kier alpha value is -2.31. The van der Waals surface area contributed by atoms with Crippen LogP contribution in [-0.4, -0.2) is 15.7 Å². The third-order valence-corrected chi connectivity index (χ3v) is 3.15. The molecule has 0 radical (unpaired) electrons. The van der Waals surface area contributed by atoms with Crippen LogP contribution >= 0.6 is 0 Å². The second kappa shape index (κ2) is 5.82. The van der Waals surface area contributed by atoms with E-state index in [1.807, 2.05) is 0 Å². The first-order valence-corrected chi connectivity index (χ1v) is 6.69. The molecule has 2 rings (SSSR count). The maximum Gasteiger partial charge on any atom is 0.416 e. The Morgan fingerprint density at radius 1 is 1.32 bits per heavy atom. The summed E-state index contributed by atoms with van der Waals surface area (Å²) in [5.41, 5.74) is 0.359. The molecule has 118 valence electrons. The highest BCUT2D eigenvalue weighted by Crippen LogP contribution is 2.36. The Morgan fingerprint density at radius 2 is 2.00 bits per heavy atom. The highest BCUT2D eigenvalue weighted by Gasteiger charge is 2.31. The van der Waals surface area contributed by atoms with E-state index >= 15 is 0 Å². The fourth-order valence-corrected chi connectivity index (χ4v) is 1.91. The topological polar surface area (TPSA) is 46.9 Å². The average molecular weight is 311 g/mol. The van der Waals surface area contributed by atoms with Gasteiger partial charge in [0, 0.05) is 36.0 Å². The van der Waals surface area contributed by atoms with Gasteiger partial charge in [0.25, 0.3) is 0 Å². The van der Waals surface area contributed by atoms with Crippen molar-refractivity contribution in [2.24, 2.45) is 13.0 Å². The second-order valence-corrected chi connectivity index (χ2v) is 5.30. The van der Waals surface area contributed by atoms with E-state index in [1.54, 1.807) is 27.1 Å². The molecule has 22 heavy (non-hydrogen) atoms. The van der Waals surface area contributed by atoms with Crippen molar-refractivity contribution in [1.82, 2.24) is 9.78 Å². The van der Waals surface area contributed by atoms with Crippen LogP contribution in [0.4, 0.5) is 18.9 Å². The average Bonchev–Trinajstić information content (AvgIpc) is 2.84. The number of hydrogen-bond donors (Lipinski definition) is 1. The van der Waals surface area contributed by atoms with Crippen molar-refractivity contribution in [1.29, 1.82) is 0 Å². The van der Waals surface area contributed by atoms with Crippen LogP contribution in [0.3, 0.4) is 0 Å². The normalized spacial score (nSPS) is 11.8. The lowest BCUT2D eigenvalue weighted by atomic mass is 10.0. The lowest BCUT2D eigenvalue weighted by molar-refractivity contribution is -0.137. The summed E-state index contributed by atoms with van der Waals surface area (Å²) in [4.78, 5) is 11.8. The Labute approximate surface area is 125 Å². The van der Waals surface area contributed by atoms with Crippen molar-refractivity contribution in [3.05, 3.63) is 36.2 Å². The molecule has 1 amide bonds. The molecule has 0 spiro atoms. The van der Waals surface area contributed by atoms with Crippen molar-refractivity contribution >= 4 is 11.6 Å². The molecule has 0 unspecified atom stereocenters. The maximum absolute atomic E-state index is 12.9. The zero-order valence-corrected chi connectivity index (χ0v) is 12.4. The van der Waals surface area contributed by atoms with Crippen molar-refractivity contribution in [3.63, 3.8) is 0 Å². The number of aryl methyl sites for hydroxylation is 1. The van der Waals surface area contributed by atoms with Gasteiger partial charge in [-0.15, -0.1) is 0 Å². The molecule has 2 aromatic rings. The summed E-state index contributed by atoms with van der Waals surface area (Å²) in [6.07, 6.45) is -1.39. The van der Waals surface area contributed by atoms with Crippen molar-refractivity contribution < 1.29 is 18.0 Å². The number of benzene rings is 1. The number of hydrogen-bond acceptors (Lipinski definition) is 2. The van der Waals surface area contributed by atoms with Gasteiger partial charge < -0.3 is 5.32 Å². The minimum atomic E-state index is -4.45. The van der Waals surface area contributed by atoms with E-state index in [0.717, 1.165) is 12.1 Å². The van der Waals surface area contributed by atoms with Crippen LogP contribution < -0.4 is 5.32 Å². The minimum absolute atomic E-state index is 0.259. The number of carbonyl (C=O) groups is 1. The largest absolute Gasteiger partial charge is 0.416 e. The standard InChI is InChI=1S/C15H16F3N3O/c1-9(2)14(22)20-13-5-4-11(15(16,17)18)6-12(13)10-7-19-21(3)8-10/h4-9H,1-3H3,(H,20,22). The van der Waals surface area contributed by atoms with Crippen LogP contribution in [-0.2, 0) is 18.0 Å². The Kier molecular flexibility index (Phi) is 4.25. The van der Waals surface area contributed by atoms with Gasteiger partial charge >= 0.3 is 6.18 Å². The van der Waals surface area contributed by atoms with E-state index in [4.69, 9.17) is 0 Å². The highest BCUT2D eigenvalue weighted by molar-refractivity contribution is 5.96. The summed E-state index contributed by atoms with van der Waals surface area (Å²) < 4.78 is 40.2. The summed E-state index contributed by atoms with van der Waals surface area (Å²) in [5, 5.41) is 6.62. The van der Waals surface area contributed by atoms with Gasteiger partial charge in [-0.1, -0.05) is 13.8 Å². The van der Waals surface area contributed by atoms with Gasteiger partial charge in [0.1, 0.15) is 0 Å². The molecule has 7 heteroatoms. The van der Waals surface area contributed by atoms with E-state index < -0.39 is 11.7 Å². The van der Waals surface area contributed by atoms with E-state index in [2.05, 4.69) is 10.4 Å². The van der Waals surface area contributed by atoms with E-state index in [-0.39, 0.29) is 17.4 Å². The third kappa shape index (κ3) is 3.47. The van der Waals surface area contributed by atoms with Crippen LogP contribution in [0.2, 0.25) is 0 Å². The predicted molar refractivity (Wildman–Crippen MR) is 77.1 cm³/mol. The fraction of sp³-hybridized carbons (Fsp3) is 0.333. The van der Waals surface area contributed by atoms with Crippen LogP contribution in [0.15, 0.2) is 30.6 Å². The molecular formula is C15H16F3N3O. The van der Waals surface area contributed by atoms with Crippen LogP contribution in [0.1, 0.15) is 19.4 Å². The first-order chi connectivity index (χ1) is 10.2. The van der Waals surface area contributed by atoms with Crippen LogP contribution in [0, 0.1) is 5.92 Å². The third-order valence-electron chi connectivity index (χ3n) is 3.15. The van der Waals surface area contributed by atoms with Gasteiger partial charge in [0.15, 0.2) is 0 Å². The molecule has 0 aliphatic carbocycles. The zero-order chi connectivity index (χ0) is 16.5. The fourth-order valence-electron chi connectivity index (χ4n) is 1.91. The van der Waals surface area contributed by atoms with Gasteiger partial charge in [-0.3, -0.25) is 9.48 Å². The van der Waals surface area contributed by atoms with Crippen molar-refractivity contribution in [2.75, 3.05) is 5.32 Å². The molecule has 0 saturated carbocycles. The molecule has 1 N–H and O–H groups in total. The van der Waals surface area contributed by atoms with Gasteiger partial charge in [0.05, 0.1) is 11.8 Å². The molecule has 0 bridgehead atoms. The summed E-state index contributed by atoms with van der Waals surface area (Å²) in [6.45, 7) is 3.42. The number of rotatable bonds is 3. The lowest BCUT2D eigenvalue weighted by Gasteiger charge is -2.14. The van der Waals surface area contributed by atoms with E-state index in [9.17, 15) is 18.0 Å². The maximum atomic E-state index is 12.9. The number of anilines is 1. The molecule has 1 aromatic heterocycles. The van der Waals surface area contributed by atoms with Gasteiger partial charge in [-0.2, -0.15) is 18.3 Å². The van der Waals surface area contributed by atoms with Crippen LogP contribution in [0.5, 0.6) is 0 Å². The SMILES string of the molecule is CC(C)C(=O)Nc1ccc(C(F)(F)F)cc1-c1cnn(C)c1. The Balaban J connectivity index is 2.51. The zero-order valence-electron chi connectivity index (χ0n) is 12.4. The molecule has 0 aliphatic rings. The van der Waals surface area contributed by atoms with E-state index in [1.165, 1.54) is 16.9 Å². The number of amides is 1. The molecule has 1 heterocycles. The number of alkyl halides is 3. The quantitative estimate of drug-likeness (QED) is 0.939. The molecule has 0 saturated heterocycles. The van der Waals surface area contributed by atoms with Crippen molar-refractivity contribution in [3.8, 4) is 11.1 Å². The monoisotopic (exact) mass is 311 g/mol. The van der Waals surface area contributed by atoms with Gasteiger partial charge in [0.2, 0.25) is 5.91 Å². The molecule has 1 aromatic carbocycles. The second-order valence-electron chi connectivity index (χ2n) is 5.30. The number of carbonyl (C=O) groups excluding carboxylic acids is 1. The number of aromatic nitrogens is 2. The number of halogens is 3. The summed E-state index contributed by atoms with van der Waals surface area (Å²) in [6, 6.07) is 3.24. The smallest absolute Gasteiger partial charge is 0.325 e. The molecule has 0 fully saturated rings. The van der Waals surface area contributed by atoms with Gasteiger partial charge in [-0.25, -0.2) is 0 Å². The number of nitrogens with zero attached hydrogens (tertiary/aromatic N) is 2. The Morgan fingerprint density at radius 3 is 2.50 bits per heavy atom. The summed E-state index contributed by atoms with van der Waals surface area (Å²) >= 11 is 0. The van der Waals surface area contributed by atoms with Crippen molar-refractivity contribution in [2.45, 2.75) is 20.0 Å². The van der Waals surface area contributed by atoms with Gasteiger partial charge in [-0.05, 0) is 18.2 Å². The lowest BCUT2D eigenvalue weighted by Crippen LogP contribution is -2.18. The summed E-state index contributed by atoms with van der Waals surface area (Å²) in [7, 11) is 1.67. The predicted octanol–water partition coefficient (Wildman–Crippen LogP) is 3.70. The number of nitrogens with one attached hydrogen (secondary N) is 1.